The molecule has 0 bridgehead atoms. The Labute approximate surface area is 97.4 Å². The highest BCUT2D eigenvalue weighted by Gasteiger charge is 2.21. The van der Waals surface area contributed by atoms with Gasteiger partial charge in [-0.25, -0.2) is 0 Å². The Morgan fingerprint density at radius 2 is 1.81 bits per heavy atom. The molecule has 1 aromatic carbocycles. The van der Waals surface area contributed by atoms with Gasteiger partial charge in [0.05, 0.1) is 6.04 Å². The number of fused-ring (bicyclic) bond motifs is 1. The van der Waals surface area contributed by atoms with Gasteiger partial charge in [-0.2, -0.15) is 0 Å². The van der Waals surface area contributed by atoms with Gasteiger partial charge in [-0.05, 0) is 11.1 Å². The second-order valence-corrected chi connectivity index (χ2v) is 3.96. The molecule has 0 N–H and O–H groups in total. The van der Waals surface area contributed by atoms with Gasteiger partial charge >= 0.3 is 0 Å². The fourth-order valence-corrected chi connectivity index (χ4v) is 2.18. The third-order valence-electron chi connectivity index (χ3n) is 2.89. The first kappa shape index (κ1) is 10.9. The number of rotatable bonds is 5. The van der Waals surface area contributed by atoms with E-state index in [-0.39, 0.29) is 0 Å². The molecule has 0 saturated carbocycles. The van der Waals surface area contributed by atoms with Gasteiger partial charge in [-0.15, -0.1) is 13.2 Å². The van der Waals surface area contributed by atoms with E-state index in [1.807, 2.05) is 12.2 Å². The van der Waals surface area contributed by atoms with Crippen LogP contribution < -0.4 is 0 Å². The van der Waals surface area contributed by atoms with E-state index in [9.17, 15) is 0 Å². The van der Waals surface area contributed by atoms with Crippen LogP contribution in [0.3, 0.4) is 0 Å². The summed E-state index contributed by atoms with van der Waals surface area (Å²) < 4.78 is 0. The normalized spacial score (nSPS) is 17.4. The maximum absolute atomic E-state index is 3.81. The second kappa shape index (κ2) is 4.95. The Kier molecular flexibility index (Phi) is 3.37. The molecular weight excluding hydrogens is 194 g/mol. The van der Waals surface area contributed by atoms with Crippen LogP contribution in [-0.4, -0.2) is 18.0 Å². The van der Waals surface area contributed by atoms with Gasteiger partial charge in [0.15, 0.2) is 0 Å². The minimum absolute atomic E-state index is 0.368. The van der Waals surface area contributed by atoms with Crippen molar-refractivity contribution in [1.29, 1.82) is 0 Å². The summed E-state index contributed by atoms with van der Waals surface area (Å²) in [7, 11) is 0. The first-order valence-corrected chi connectivity index (χ1v) is 5.60. The predicted molar refractivity (Wildman–Crippen MR) is 70.2 cm³/mol. The van der Waals surface area contributed by atoms with E-state index >= 15 is 0 Å². The summed E-state index contributed by atoms with van der Waals surface area (Å²) in [6.45, 7) is 9.39. The third-order valence-corrected chi connectivity index (χ3v) is 2.89. The summed E-state index contributed by atoms with van der Waals surface area (Å²) >= 11 is 0. The van der Waals surface area contributed by atoms with E-state index in [1.165, 1.54) is 11.1 Å². The average molecular weight is 211 g/mol. The van der Waals surface area contributed by atoms with E-state index in [1.54, 1.807) is 0 Å². The quantitative estimate of drug-likeness (QED) is 0.674. The van der Waals surface area contributed by atoms with E-state index in [0.717, 1.165) is 13.1 Å². The molecule has 1 nitrogen and oxygen atoms in total. The summed E-state index contributed by atoms with van der Waals surface area (Å²) in [5.74, 6) is 0. The van der Waals surface area contributed by atoms with Crippen molar-refractivity contribution in [2.24, 2.45) is 0 Å². The van der Waals surface area contributed by atoms with Gasteiger partial charge in [0.25, 0.3) is 0 Å². The molecule has 0 heterocycles. The van der Waals surface area contributed by atoms with E-state index < -0.39 is 0 Å². The molecule has 1 aliphatic carbocycles. The Morgan fingerprint density at radius 1 is 1.12 bits per heavy atom. The van der Waals surface area contributed by atoms with Crippen molar-refractivity contribution in [3.05, 3.63) is 66.8 Å². The molecule has 1 atom stereocenters. The smallest absolute Gasteiger partial charge is 0.0546 e. The van der Waals surface area contributed by atoms with E-state index in [0.29, 0.717) is 6.04 Å². The summed E-state index contributed by atoms with van der Waals surface area (Å²) in [6.07, 6.45) is 8.33. The fourth-order valence-electron chi connectivity index (χ4n) is 2.18. The molecule has 16 heavy (non-hydrogen) atoms. The Balaban J connectivity index is 2.25. The molecule has 0 saturated heterocycles. The van der Waals surface area contributed by atoms with Crippen molar-refractivity contribution in [2.75, 3.05) is 13.1 Å². The average Bonchev–Trinajstić information content (AvgIpc) is 2.72. The van der Waals surface area contributed by atoms with Gasteiger partial charge in [0.1, 0.15) is 0 Å². The molecule has 0 spiro atoms. The number of benzene rings is 1. The van der Waals surface area contributed by atoms with Gasteiger partial charge in [0.2, 0.25) is 0 Å². The molecule has 2 rings (SSSR count). The largest absolute Gasteiger partial charge is 0.286 e. The van der Waals surface area contributed by atoms with Crippen LogP contribution >= 0.6 is 0 Å². The zero-order valence-electron chi connectivity index (χ0n) is 9.47. The van der Waals surface area contributed by atoms with Crippen LogP contribution in [0.2, 0.25) is 0 Å². The van der Waals surface area contributed by atoms with Crippen LogP contribution in [0.1, 0.15) is 17.2 Å². The van der Waals surface area contributed by atoms with Crippen molar-refractivity contribution in [2.45, 2.75) is 6.04 Å². The topological polar surface area (TPSA) is 3.24 Å². The molecule has 0 aromatic heterocycles. The molecule has 1 heteroatoms. The second-order valence-electron chi connectivity index (χ2n) is 3.96. The van der Waals surface area contributed by atoms with Crippen LogP contribution in [0.15, 0.2) is 55.7 Å². The summed E-state index contributed by atoms with van der Waals surface area (Å²) in [4.78, 5) is 2.35. The Bertz CT molecular complexity index is 407. The molecule has 1 unspecified atom stereocenters. The Hall–Kier alpha value is -1.60. The van der Waals surface area contributed by atoms with Crippen molar-refractivity contribution in [1.82, 2.24) is 4.90 Å². The zero-order chi connectivity index (χ0) is 11.4. The number of nitrogens with zero attached hydrogens (tertiary/aromatic N) is 1. The van der Waals surface area contributed by atoms with Gasteiger partial charge in [0, 0.05) is 13.1 Å². The lowest BCUT2D eigenvalue weighted by molar-refractivity contribution is 0.288. The lowest BCUT2D eigenvalue weighted by atomic mass is 10.1. The lowest BCUT2D eigenvalue weighted by Crippen LogP contribution is -2.27. The van der Waals surface area contributed by atoms with Crippen molar-refractivity contribution in [3.63, 3.8) is 0 Å². The zero-order valence-corrected chi connectivity index (χ0v) is 9.47. The monoisotopic (exact) mass is 211 g/mol. The third kappa shape index (κ3) is 2.00. The van der Waals surface area contributed by atoms with Gasteiger partial charge < -0.3 is 0 Å². The van der Waals surface area contributed by atoms with Crippen LogP contribution in [0.25, 0.3) is 6.08 Å². The highest BCUT2D eigenvalue weighted by atomic mass is 15.1. The van der Waals surface area contributed by atoms with Crippen LogP contribution in [0.5, 0.6) is 0 Å². The number of hydrogen-bond acceptors (Lipinski definition) is 1. The standard InChI is InChI=1S/C15H17N/c1-3-11-16(12-4-2)15-10-9-13-7-5-6-8-14(13)15/h3-10,15H,1-2,11-12H2. The first-order chi connectivity index (χ1) is 7.86. The molecule has 0 amide bonds. The molecular formula is C15H17N. The molecule has 1 aromatic rings. The first-order valence-electron chi connectivity index (χ1n) is 5.60. The lowest BCUT2D eigenvalue weighted by Gasteiger charge is -2.26. The number of hydrogen-bond donors (Lipinski definition) is 0. The van der Waals surface area contributed by atoms with Gasteiger partial charge in [-0.3, -0.25) is 4.90 Å². The molecule has 0 fully saturated rings. The molecule has 1 aliphatic rings. The minimum Gasteiger partial charge on any atom is -0.286 e. The highest BCUT2D eigenvalue weighted by molar-refractivity contribution is 5.61. The molecule has 82 valence electrons. The summed E-state index contributed by atoms with van der Waals surface area (Å²) in [6, 6.07) is 8.90. The van der Waals surface area contributed by atoms with Crippen LogP contribution in [0.4, 0.5) is 0 Å². The fraction of sp³-hybridized carbons (Fsp3) is 0.200. The van der Waals surface area contributed by atoms with E-state index in [4.69, 9.17) is 0 Å². The maximum atomic E-state index is 3.81. The SMILES string of the molecule is C=CCN(CC=C)C1C=Cc2ccccc21. The molecule has 0 aliphatic heterocycles. The van der Waals surface area contributed by atoms with Gasteiger partial charge in [-0.1, -0.05) is 48.6 Å². The highest BCUT2D eigenvalue weighted by Crippen LogP contribution is 2.32. The molecule has 0 radical (unpaired) electrons. The van der Waals surface area contributed by atoms with Crippen LogP contribution in [-0.2, 0) is 0 Å². The van der Waals surface area contributed by atoms with Crippen molar-refractivity contribution < 1.29 is 0 Å². The summed E-state index contributed by atoms with van der Waals surface area (Å²) in [5.41, 5.74) is 2.71. The van der Waals surface area contributed by atoms with Crippen molar-refractivity contribution >= 4 is 6.08 Å². The Morgan fingerprint density at radius 3 is 2.50 bits per heavy atom. The summed E-state index contributed by atoms with van der Waals surface area (Å²) in [5, 5.41) is 0. The van der Waals surface area contributed by atoms with Crippen molar-refractivity contribution in [3.8, 4) is 0 Å². The van der Waals surface area contributed by atoms with Crippen LogP contribution in [0, 0.1) is 0 Å². The predicted octanol–water partition coefficient (Wildman–Crippen LogP) is 3.43. The maximum Gasteiger partial charge on any atom is 0.0546 e. The van der Waals surface area contributed by atoms with E-state index in [2.05, 4.69) is 54.5 Å². The minimum atomic E-state index is 0.368.